The van der Waals surface area contributed by atoms with Crippen LogP contribution in [0.1, 0.15) is 27.0 Å². The average Bonchev–Trinajstić information content (AvgIpc) is 3.34. The van der Waals surface area contributed by atoms with Crippen molar-refractivity contribution < 1.29 is 38.1 Å². The monoisotopic (exact) mass is 569 g/mol. The Balaban J connectivity index is 1.52. The number of nitrogen functional groups attached to an aromatic ring is 1. The van der Waals surface area contributed by atoms with E-state index in [4.69, 9.17) is 35.9 Å². The van der Waals surface area contributed by atoms with Gasteiger partial charge in [0.1, 0.15) is 47.9 Å². The third-order valence-electron chi connectivity index (χ3n) is 5.64. The van der Waals surface area contributed by atoms with Crippen LogP contribution >= 0.6 is 19.3 Å². The summed E-state index contributed by atoms with van der Waals surface area (Å²) in [4.78, 5) is 20.4. The van der Waals surface area contributed by atoms with Crippen LogP contribution in [0.25, 0.3) is 11.0 Å². The van der Waals surface area contributed by atoms with E-state index in [9.17, 15) is 19.6 Å². The van der Waals surface area contributed by atoms with Crippen molar-refractivity contribution >= 4 is 42.2 Å². The number of ether oxygens (including phenoxy) is 2. The van der Waals surface area contributed by atoms with Crippen LogP contribution in [-0.4, -0.2) is 67.8 Å². The summed E-state index contributed by atoms with van der Waals surface area (Å²) in [5.74, 6) is -0.308. The van der Waals surface area contributed by atoms with Crippen LogP contribution < -0.4 is 15.3 Å². The average molecular weight is 570 g/mol. The number of carbonyl (C=O) groups is 1. The maximum absolute atomic E-state index is 13.7. The number of halogens is 1. The molecule has 6 atom stereocenters. The Morgan fingerprint density at radius 1 is 1.24 bits per heavy atom. The summed E-state index contributed by atoms with van der Waals surface area (Å²) < 4.78 is 37.3. The van der Waals surface area contributed by atoms with Crippen LogP contribution in [0.5, 0.6) is 5.75 Å². The van der Waals surface area contributed by atoms with E-state index < -0.39 is 50.9 Å². The summed E-state index contributed by atoms with van der Waals surface area (Å²) in [6.07, 6.45) is -2.83. The van der Waals surface area contributed by atoms with Crippen LogP contribution in [0.3, 0.4) is 0 Å². The minimum absolute atomic E-state index is 0.141. The number of anilines is 1. The highest BCUT2D eigenvalue weighted by atomic mass is 35.5. The summed E-state index contributed by atoms with van der Waals surface area (Å²) in [7, 11) is -4.22. The number of nitrogens with one attached hydrogen (secondary N) is 1. The molecule has 38 heavy (non-hydrogen) atoms. The van der Waals surface area contributed by atoms with Crippen molar-refractivity contribution in [2.75, 3.05) is 12.3 Å². The van der Waals surface area contributed by atoms with Gasteiger partial charge in [0.2, 0.25) is 0 Å². The first-order valence-electron chi connectivity index (χ1n) is 11.7. The minimum atomic E-state index is -4.22. The van der Waals surface area contributed by atoms with Gasteiger partial charge < -0.3 is 34.5 Å². The number of rotatable bonds is 10. The predicted molar refractivity (Wildman–Crippen MR) is 137 cm³/mol. The van der Waals surface area contributed by atoms with E-state index in [0.717, 1.165) is 0 Å². The predicted octanol–water partition coefficient (Wildman–Crippen LogP) is 2.42. The van der Waals surface area contributed by atoms with Gasteiger partial charge in [-0.2, -0.15) is 5.09 Å². The molecule has 0 spiro atoms. The summed E-state index contributed by atoms with van der Waals surface area (Å²) in [6.45, 7) is 4.35. The second kappa shape index (κ2) is 11.5. The topological polar surface area (TPSA) is 180 Å². The molecule has 2 aromatic heterocycles. The molecule has 15 heteroatoms. The number of fused-ring (bicyclic) bond motifs is 1. The summed E-state index contributed by atoms with van der Waals surface area (Å²) in [5, 5.41) is 24.6. The van der Waals surface area contributed by atoms with Gasteiger partial charge in [-0.3, -0.25) is 9.32 Å². The summed E-state index contributed by atoms with van der Waals surface area (Å²) in [5.41, 5.74) is 6.19. The van der Waals surface area contributed by atoms with Crippen LogP contribution in [0, 0.1) is 0 Å². The molecule has 6 unspecified atom stereocenters. The van der Waals surface area contributed by atoms with Crippen molar-refractivity contribution in [1.29, 1.82) is 0 Å². The van der Waals surface area contributed by atoms with Gasteiger partial charge in [0, 0.05) is 6.20 Å². The molecule has 0 amide bonds. The molecule has 4 rings (SSSR count). The molecule has 3 aromatic rings. The number of hydrogen-bond acceptors (Lipinski definition) is 11. The Morgan fingerprint density at radius 2 is 1.95 bits per heavy atom. The standard InChI is InChI=1S/C23H29ClN5O8P/c1-12(2)35-23(32)13(3)28-38(33,37-14-7-5-4-6-8-14)34-10-16-18(30)19(31)22(36-16)29-9-15(24)17-20(25)26-11-27-21(17)29/h4-9,11-13,16,18-19,22,30-31H,10H2,1-3H3,(H,28,33)(H2,25,26,27). The minimum Gasteiger partial charge on any atom is -0.462 e. The van der Waals surface area contributed by atoms with E-state index in [1.54, 1.807) is 44.2 Å². The second-order valence-corrected chi connectivity index (χ2v) is 11.0. The molecule has 1 saturated heterocycles. The molecule has 13 nitrogen and oxygen atoms in total. The van der Waals surface area contributed by atoms with E-state index in [0.29, 0.717) is 5.39 Å². The van der Waals surface area contributed by atoms with Crippen molar-refractivity contribution in [3.8, 4) is 5.75 Å². The largest absolute Gasteiger partial charge is 0.462 e. The quantitative estimate of drug-likeness (QED) is 0.207. The van der Waals surface area contributed by atoms with E-state index in [-0.39, 0.29) is 28.3 Å². The molecule has 0 radical (unpaired) electrons. The van der Waals surface area contributed by atoms with Crippen LogP contribution in [-0.2, 0) is 23.4 Å². The van der Waals surface area contributed by atoms with Crippen molar-refractivity contribution in [2.45, 2.75) is 57.5 Å². The molecule has 1 fully saturated rings. The zero-order valence-electron chi connectivity index (χ0n) is 20.8. The molecule has 1 aromatic carbocycles. The van der Waals surface area contributed by atoms with Gasteiger partial charge in [0.05, 0.1) is 23.1 Å². The third kappa shape index (κ3) is 6.10. The summed E-state index contributed by atoms with van der Waals surface area (Å²) in [6, 6.07) is 7.15. The maximum atomic E-state index is 13.7. The number of para-hydroxylation sites is 1. The normalized spacial score (nSPS) is 23.9. The highest BCUT2D eigenvalue weighted by Crippen LogP contribution is 2.46. The van der Waals surface area contributed by atoms with E-state index in [2.05, 4.69) is 15.1 Å². The van der Waals surface area contributed by atoms with Gasteiger partial charge in [-0.25, -0.2) is 14.5 Å². The number of benzene rings is 1. The summed E-state index contributed by atoms with van der Waals surface area (Å²) >= 11 is 6.28. The fourth-order valence-corrected chi connectivity index (χ4v) is 5.65. The highest BCUT2D eigenvalue weighted by molar-refractivity contribution is 7.52. The Bertz CT molecular complexity index is 1330. The number of carbonyl (C=O) groups excluding carboxylic acids is 1. The molecule has 5 N–H and O–H groups in total. The van der Waals surface area contributed by atoms with Gasteiger partial charge in [0.25, 0.3) is 0 Å². The number of aliphatic hydroxyl groups is 2. The number of nitrogens with two attached hydrogens (primary N) is 1. The number of nitrogens with zero attached hydrogens (tertiary/aromatic N) is 3. The Labute approximate surface area is 223 Å². The molecule has 0 bridgehead atoms. The van der Waals surface area contributed by atoms with Crippen molar-refractivity contribution in [1.82, 2.24) is 19.6 Å². The first-order valence-corrected chi connectivity index (χ1v) is 13.7. The lowest BCUT2D eigenvalue weighted by atomic mass is 10.1. The van der Waals surface area contributed by atoms with Crippen molar-refractivity contribution in [3.05, 3.63) is 47.9 Å². The smallest absolute Gasteiger partial charge is 0.459 e. The third-order valence-corrected chi connectivity index (χ3v) is 7.57. The molecule has 1 aliphatic rings. The molecular weight excluding hydrogens is 541 g/mol. The van der Waals surface area contributed by atoms with Gasteiger partial charge in [-0.1, -0.05) is 29.8 Å². The molecule has 0 saturated carbocycles. The van der Waals surface area contributed by atoms with Gasteiger partial charge in [-0.05, 0) is 32.9 Å². The molecular formula is C23H29ClN5O8P. The molecule has 206 valence electrons. The Morgan fingerprint density at radius 3 is 2.63 bits per heavy atom. The lowest BCUT2D eigenvalue weighted by Gasteiger charge is -2.25. The van der Waals surface area contributed by atoms with Crippen LogP contribution in [0.15, 0.2) is 42.9 Å². The zero-order valence-corrected chi connectivity index (χ0v) is 22.5. The lowest BCUT2D eigenvalue weighted by molar-refractivity contribution is -0.149. The molecule has 1 aliphatic heterocycles. The molecule has 0 aliphatic carbocycles. The zero-order chi connectivity index (χ0) is 27.6. The number of esters is 1. The fourth-order valence-electron chi connectivity index (χ4n) is 3.86. The lowest BCUT2D eigenvalue weighted by Crippen LogP contribution is -2.38. The van der Waals surface area contributed by atoms with Crippen molar-refractivity contribution in [2.24, 2.45) is 0 Å². The van der Waals surface area contributed by atoms with Gasteiger partial charge in [0.15, 0.2) is 6.23 Å². The fraction of sp³-hybridized carbons (Fsp3) is 0.435. The Hall–Kier alpha value is -2.77. The van der Waals surface area contributed by atoms with Gasteiger partial charge >= 0.3 is 13.7 Å². The highest BCUT2D eigenvalue weighted by Gasteiger charge is 2.46. The van der Waals surface area contributed by atoms with Crippen LogP contribution in [0.4, 0.5) is 5.82 Å². The maximum Gasteiger partial charge on any atom is 0.459 e. The van der Waals surface area contributed by atoms with Crippen molar-refractivity contribution in [3.63, 3.8) is 0 Å². The number of hydrogen-bond donors (Lipinski definition) is 4. The number of aromatic nitrogens is 3. The van der Waals surface area contributed by atoms with Crippen LogP contribution in [0.2, 0.25) is 5.02 Å². The number of aliphatic hydroxyl groups excluding tert-OH is 2. The first kappa shape index (κ1) is 28.2. The van der Waals surface area contributed by atoms with E-state index in [1.165, 1.54) is 24.0 Å². The first-order chi connectivity index (χ1) is 18.0. The van der Waals surface area contributed by atoms with E-state index in [1.807, 2.05) is 0 Å². The van der Waals surface area contributed by atoms with E-state index >= 15 is 0 Å². The second-order valence-electron chi connectivity index (χ2n) is 8.92. The SMILES string of the molecule is CC(C)OC(=O)C(C)NP(=O)(OCC1OC(n2cc(Cl)c3c(N)ncnc32)C(O)C1O)Oc1ccccc1. The van der Waals surface area contributed by atoms with Gasteiger partial charge in [-0.15, -0.1) is 0 Å². The molecule has 3 heterocycles. The Kier molecular flexibility index (Phi) is 8.58.